The SMILES string of the molecule is Cc1ccc(S(=O)(=O)n2c(Br)cc3c(-c4ccc(CCC(=O)OC(C)(C)C)c(F)c4)ncnc32)cc1. The first-order valence-corrected chi connectivity index (χ1v) is 13.4. The number of hydrogen-bond acceptors (Lipinski definition) is 6. The summed E-state index contributed by atoms with van der Waals surface area (Å²) in [5.74, 6) is -0.891. The van der Waals surface area contributed by atoms with Crippen molar-refractivity contribution in [2.45, 2.75) is 51.0 Å². The first kappa shape index (κ1) is 26.0. The lowest BCUT2D eigenvalue weighted by Crippen LogP contribution is -2.24. The summed E-state index contributed by atoms with van der Waals surface area (Å²) < 4.78 is 48.4. The van der Waals surface area contributed by atoms with Crippen LogP contribution in [0.3, 0.4) is 0 Å². The van der Waals surface area contributed by atoms with Crippen LogP contribution in [0.2, 0.25) is 0 Å². The zero-order chi connectivity index (χ0) is 26.3. The van der Waals surface area contributed by atoms with Crippen molar-refractivity contribution in [2.24, 2.45) is 0 Å². The Morgan fingerprint density at radius 2 is 1.78 bits per heavy atom. The van der Waals surface area contributed by atoms with E-state index >= 15 is 0 Å². The van der Waals surface area contributed by atoms with Crippen LogP contribution >= 0.6 is 15.9 Å². The van der Waals surface area contributed by atoms with Crippen LogP contribution in [0.1, 0.15) is 38.3 Å². The zero-order valence-corrected chi connectivity index (χ0v) is 22.7. The molecule has 0 saturated heterocycles. The van der Waals surface area contributed by atoms with E-state index in [1.54, 1.807) is 51.1 Å². The molecule has 0 amide bonds. The van der Waals surface area contributed by atoms with E-state index in [4.69, 9.17) is 4.74 Å². The fourth-order valence-electron chi connectivity index (χ4n) is 3.76. The molecule has 4 rings (SSSR count). The molecule has 0 unspecified atom stereocenters. The van der Waals surface area contributed by atoms with Crippen LogP contribution in [0, 0.1) is 12.7 Å². The van der Waals surface area contributed by atoms with Crippen molar-refractivity contribution in [3.63, 3.8) is 0 Å². The molecule has 2 aromatic heterocycles. The Morgan fingerprint density at radius 3 is 2.42 bits per heavy atom. The smallest absolute Gasteiger partial charge is 0.306 e. The van der Waals surface area contributed by atoms with Gasteiger partial charge in [0.1, 0.15) is 22.3 Å². The van der Waals surface area contributed by atoms with Crippen LogP contribution in [0.4, 0.5) is 4.39 Å². The highest BCUT2D eigenvalue weighted by molar-refractivity contribution is 9.10. The molecule has 7 nitrogen and oxygen atoms in total. The van der Waals surface area contributed by atoms with Gasteiger partial charge in [-0.15, -0.1) is 0 Å². The van der Waals surface area contributed by atoms with Gasteiger partial charge >= 0.3 is 5.97 Å². The second-order valence-corrected chi connectivity index (χ2v) is 12.0. The Balaban J connectivity index is 1.68. The van der Waals surface area contributed by atoms with Gasteiger partial charge < -0.3 is 4.74 Å². The molecule has 0 aliphatic rings. The van der Waals surface area contributed by atoms with E-state index in [1.807, 2.05) is 6.92 Å². The molecule has 36 heavy (non-hydrogen) atoms. The minimum absolute atomic E-state index is 0.0535. The highest BCUT2D eigenvalue weighted by Gasteiger charge is 2.25. The number of halogens is 2. The molecule has 0 bridgehead atoms. The molecule has 4 aromatic rings. The number of hydrogen-bond donors (Lipinski definition) is 0. The summed E-state index contributed by atoms with van der Waals surface area (Å²) >= 11 is 3.34. The van der Waals surface area contributed by atoms with Gasteiger partial charge in [0.05, 0.1) is 10.6 Å². The number of benzene rings is 2. The molecule has 2 aromatic carbocycles. The van der Waals surface area contributed by atoms with Crippen molar-refractivity contribution in [3.05, 3.63) is 76.4 Å². The van der Waals surface area contributed by atoms with Gasteiger partial charge in [0.15, 0.2) is 5.65 Å². The number of aryl methyl sites for hydroxylation is 2. The Morgan fingerprint density at radius 1 is 1.08 bits per heavy atom. The Kier molecular flexibility index (Phi) is 7.03. The minimum atomic E-state index is -3.95. The van der Waals surface area contributed by atoms with Gasteiger partial charge in [-0.25, -0.2) is 26.7 Å². The van der Waals surface area contributed by atoms with E-state index in [1.165, 1.54) is 24.5 Å². The van der Waals surface area contributed by atoms with Gasteiger partial charge in [0.25, 0.3) is 10.0 Å². The third-order valence-electron chi connectivity index (χ3n) is 5.42. The molecule has 10 heteroatoms. The molecule has 0 saturated carbocycles. The van der Waals surface area contributed by atoms with E-state index < -0.39 is 27.4 Å². The maximum Gasteiger partial charge on any atom is 0.306 e. The van der Waals surface area contributed by atoms with Gasteiger partial charge in [-0.05, 0) is 79.9 Å². The van der Waals surface area contributed by atoms with E-state index in [2.05, 4.69) is 25.9 Å². The van der Waals surface area contributed by atoms with Crippen LogP contribution in [0.15, 0.2) is 64.4 Å². The Hall–Kier alpha value is -3.11. The fraction of sp³-hybridized carbons (Fsp3) is 0.269. The summed E-state index contributed by atoms with van der Waals surface area (Å²) in [4.78, 5) is 20.6. The number of fused-ring (bicyclic) bond motifs is 1. The van der Waals surface area contributed by atoms with Crippen LogP contribution < -0.4 is 0 Å². The normalized spacial score (nSPS) is 12.2. The van der Waals surface area contributed by atoms with Gasteiger partial charge in [0.2, 0.25) is 0 Å². The monoisotopic (exact) mass is 573 g/mol. The summed E-state index contributed by atoms with van der Waals surface area (Å²) in [7, 11) is -3.95. The summed E-state index contributed by atoms with van der Waals surface area (Å²) in [6.07, 6.45) is 1.49. The number of ether oxygens (including phenoxy) is 1. The highest BCUT2D eigenvalue weighted by Crippen LogP contribution is 2.33. The molecule has 0 radical (unpaired) electrons. The van der Waals surface area contributed by atoms with Crippen LogP contribution in [-0.4, -0.2) is 33.9 Å². The van der Waals surface area contributed by atoms with Gasteiger partial charge in [-0.3, -0.25) is 4.79 Å². The lowest BCUT2D eigenvalue weighted by atomic mass is 10.0. The van der Waals surface area contributed by atoms with Crippen molar-refractivity contribution in [1.29, 1.82) is 0 Å². The molecule has 0 aliphatic heterocycles. The maximum atomic E-state index is 14.9. The number of esters is 1. The van der Waals surface area contributed by atoms with Crippen LogP contribution in [-0.2, 0) is 26.0 Å². The number of rotatable bonds is 6. The first-order chi connectivity index (χ1) is 16.9. The third-order valence-corrected chi connectivity index (χ3v) is 7.95. The number of carbonyl (C=O) groups is 1. The quantitative estimate of drug-likeness (QED) is 0.270. The van der Waals surface area contributed by atoms with Gasteiger partial charge in [0, 0.05) is 17.4 Å². The van der Waals surface area contributed by atoms with E-state index in [0.29, 0.717) is 22.2 Å². The van der Waals surface area contributed by atoms with Gasteiger partial charge in [-0.2, -0.15) is 0 Å². The zero-order valence-electron chi connectivity index (χ0n) is 20.2. The second kappa shape index (κ2) is 9.74. The van der Waals surface area contributed by atoms with E-state index in [-0.39, 0.29) is 28.0 Å². The summed E-state index contributed by atoms with van der Waals surface area (Å²) in [5.41, 5.74) is 1.72. The number of nitrogens with zero attached hydrogens (tertiary/aromatic N) is 3. The average Bonchev–Trinajstić information content (AvgIpc) is 3.14. The molecule has 0 N–H and O–H groups in total. The average molecular weight is 574 g/mol. The van der Waals surface area contributed by atoms with Gasteiger partial charge in [-0.1, -0.05) is 29.8 Å². The standard InChI is InChI=1S/C26H25BrFN3O4S/c1-16-5-10-19(11-6-16)36(33,34)31-22(27)14-20-24(29-15-30-25(20)31)18-8-7-17(21(28)13-18)9-12-23(32)35-26(2,3)4/h5-8,10-11,13-15H,9,12H2,1-4H3. The maximum absolute atomic E-state index is 14.9. The van der Waals surface area contributed by atoms with Crippen molar-refractivity contribution in [1.82, 2.24) is 13.9 Å². The topological polar surface area (TPSA) is 91.2 Å². The molecule has 2 heterocycles. The Labute approximate surface area is 217 Å². The molecule has 0 aliphatic carbocycles. The largest absolute Gasteiger partial charge is 0.460 e. The Bertz CT molecular complexity index is 1560. The third kappa shape index (κ3) is 5.34. The summed E-state index contributed by atoms with van der Waals surface area (Å²) in [6, 6.07) is 12.7. The summed E-state index contributed by atoms with van der Waals surface area (Å²) in [6.45, 7) is 7.21. The molecule has 0 atom stereocenters. The van der Waals surface area contributed by atoms with Crippen molar-refractivity contribution >= 4 is 43.0 Å². The highest BCUT2D eigenvalue weighted by atomic mass is 79.9. The molecule has 188 valence electrons. The van der Waals surface area contributed by atoms with Crippen LogP contribution in [0.5, 0.6) is 0 Å². The molecular formula is C26H25BrFN3O4S. The van der Waals surface area contributed by atoms with E-state index in [9.17, 15) is 17.6 Å². The fourth-order valence-corrected chi connectivity index (χ4v) is 6.08. The molecular weight excluding hydrogens is 549 g/mol. The molecule has 0 fully saturated rings. The van der Waals surface area contributed by atoms with Crippen molar-refractivity contribution < 1.29 is 22.3 Å². The van der Waals surface area contributed by atoms with Crippen LogP contribution in [0.25, 0.3) is 22.3 Å². The first-order valence-electron chi connectivity index (χ1n) is 11.2. The van der Waals surface area contributed by atoms with E-state index in [0.717, 1.165) is 9.54 Å². The number of carbonyl (C=O) groups excluding carboxylic acids is 1. The second-order valence-electron chi connectivity index (χ2n) is 9.40. The lowest BCUT2D eigenvalue weighted by molar-refractivity contribution is -0.154. The predicted molar refractivity (Wildman–Crippen MR) is 139 cm³/mol. The molecule has 0 spiro atoms. The number of aromatic nitrogens is 3. The van der Waals surface area contributed by atoms with Crippen molar-refractivity contribution in [3.8, 4) is 11.3 Å². The van der Waals surface area contributed by atoms with Crippen molar-refractivity contribution in [2.75, 3.05) is 0 Å². The lowest BCUT2D eigenvalue weighted by Gasteiger charge is -2.19. The minimum Gasteiger partial charge on any atom is -0.460 e. The predicted octanol–water partition coefficient (Wildman–Crippen LogP) is 5.82. The summed E-state index contributed by atoms with van der Waals surface area (Å²) in [5, 5.41) is 0.445.